The van der Waals surface area contributed by atoms with E-state index < -0.39 is 0 Å². The van der Waals surface area contributed by atoms with Crippen LogP contribution < -0.4 is 10.6 Å². The van der Waals surface area contributed by atoms with Crippen LogP contribution >= 0.6 is 11.6 Å². The van der Waals surface area contributed by atoms with Crippen molar-refractivity contribution in [3.63, 3.8) is 0 Å². The van der Waals surface area contributed by atoms with Crippen LogP contribution in [0.15, 0.2) is 30.5 Å². The lowest BCUT2D eigenvalue weighted by Gasteiger charge is -2.22. The minimum atomic E-state index is -0.0268. The predicted octanol–water partition coefficient (Wildman–Crippen LogP) is 4.82. The number of carbonyl (C=O) groups is 1. The smallest absolute Gasteiger partial charge is 0.253 e. The van der Waals surface area contributed by atoms with Gasteiger partial charge in [0.05, 0.1) is 16.3 Å². The van der Waals surface area contributed by atoms with Gasteiger partial charge < -0.3 is 15.4 Å². The molecule has 28 heavy (non-hydrogen) atoms. The molecular formula is C22H26ClN3O2. The number of ether oxygens (including phenoxy) is 1. The maximum Gasteiger partial charge on any atom is 0.253 e. The molecule has 0 atom stereocenters. The Morgan fingerprint density at radius 3 is 2.75 bits per heavy atom. The van der Waals surface area contributed by atoms with E-state index in [1.165, 1.54) is 0 Å². The summed E-state index contributed by atoms with van der Waals surface area (Å²) in [7, 11) is 0. The number of aromatic nitrogens is 1. The van der Waals surface area contributed by atoms with Crippen molar-refractivity contribution in [3.8, 4) is 0 Å². The third-order valence-corrected chi connectivity index (χ3v) is 5.80. The molecule has 4 rings (SSSR count). The van der Waals surface area contributed by atoms with Crippen LogP contribution in [0.5, 0.6) is 0 Å². The number of rotatable bonds is 6. The van der Waals surface area contributed by atoms with Crippen LogP contribution in [0, 0.1) is 12.8 Å². The number of hydrogen-bond acceptors (Lipinski definition) is 4. The molecule has 0 bridgehead atoms. The molecule has 2 aromatic rings. The second-order valence-corrected chi connectivity index (χ2v) is 8.21. The van der Waals surface area contributed by atoms with E-state index in [2.05, 4.69) is 15.6 Å². The summed E-state index contributed by atoms with van der Waals surface area (Å²) in [6.07, 6.45) is 5.95. The Hall–Kier alpha value is -2.11. The second-order valence-electron chi connectivity index (χ2n) is 7.81. The Morgan fingerprint density at radius 2 is 2.00 bits per heavy atom. The Kier molecular flexibility index (Phi) is 5.83. The van der Waals surface area contributed by atoms with Crippen LogP contribution in [0.3, 0.4) is 0 Å². The van der Waals surface area contributed by atoms with Gasteiger partial charge in [0.25, 0.3) is 5.91 Å². The number of carbonyl (C=O) groups excluding carboxylic acids is 1. The summed E-state index contributed by atoms with van der Waals surface area (Å²) in [4.78, 5) is 17.3. The van der Waals surface area contributed by atoms with Gasteiger partial charge >= 0.3 is 0 Å². The minimum absolute atomic E-state index is 0.0268. The van der Waals surface area contributed by atoms with Gasteiger partial charge in [-0.25, -0.2) is 4.98 Å². The van der Waals surface area contributed by atoms with Crippen LogP contribution in [0.4, 0.5) is 11.5 Å². The van der Waals surface area contributed by atoms with Crippen molar-refractivity contribution >= 4 is 29.0 Å². The van der Waals surface area contributed by atoms with Crippen molar-refractivity contribution < 1.29 is 9.53 Å². The van der Waals surface area contributed by atoms with Gasteiger partial charge in [-0.15, -0.1) is 0 Å². The van der Waals surface area contributed by atoms with Crippen molar-refractivity contribution in [2.45, 2.75) is 38.5 Å². The first kappa shape index (κ1) is 19.2. The largest absolute Gasteiger partial charge is 0.381 e. The number of amides is 1. The molecule has 0 radical (unpaired) electrons. The lowest BCUT2D eigenvalue weighted by atomic mass is 10.00. The number of nitrogens with zero attached hydrogens (tertiary/aromatic N) is 1. The average molecular weight is 400 g/mol. The van der Waals surface area contributed by atoms with Gasteiger partial charge in [0.15, 0.2) is 0 Å². The summed E-state index contributed by atoms with van der Waals surface area (Å²) in [6.45, 7) is 4.30. The summed E-state index contributed by atoms with van der Waals surface area (Å²) < 4.78 is 5.39. The van der Waals surface area contributed by atoms with Gasteiger partial charge in [-0.3, -0.25) is 4.79 Å². The molecule has 2 fully saturated rings. The third kappa shape index (κ3) is 4.65. The maximum atomic E-state index is 12.8. The summed E-state index contributed by atoms with van der Waals surface area (Å²) in [6, 6.07) is 7.84. The molecule has 2 heterocycles. The molecule has 5 nitrogen and oxygen atoms in total. The zero-order valence-corrected chi connectivity index (χ0v) is 16.9. The molecule has 1 saturated carbocycles. The highest BCUT2D eigenvalue weighted by atomic mass is 35.5. The van der Waals surface area contributed by atoms with Crippen LogP contribution in [0.25, 0.3) is 0 Å². The minimum Gasteiger partial charge on any atom is -0.381 e. The molecule has 148 valence electrons. The number of halogens is 1. The molecule has 0 unspecified atom stereocenters. The normalized spacial score (nSPS) is 17.4. The standard InChI is InChI=1S/C22H26ClN3O2/c1-14-2-5-19(23)20(10-14)26-21-11-17(16-3-4-16)18(13-24-21)22(27)25-12-15-6-8-28-9-7-15/h2,5,10-11,13,15-16H,3-4,6-9,12H2,1H3,(H,24,26)(H,25,27). The van der Waals surface area contributed by atoms with Crippen molar-refractivity contribution in [1.82, 2.24) is 10.3 Å². The average Bonchev–Trinajstić information content (AvgIpc) is 3.55. The van der Waals surface area contributed by atoms with E-state index in [0.717, 1.165) is 61.5 Å². The second kappa shape index (κ2) is 8.50. The third-order valence-electron chi connectivity index (χ3n) is 5.47. The SMILES string of the molecule is Cc1ccc(Cl)c(Nc2cc(C3CC3)c(C(=O)NCC3CCOCC3)cn2)c1. The quantitative estimate of drug-likeness (QED) is 0.730. The van der Waals surface area contributed by atoms with E-state index in [-0.39, 0.29) is 5.91 Å². The van der Waals surface area contributed by atoms with E-state index >= 15 is 0 Å². The Balaban J connectivity index is 1.49. The van der Waals surface area contributed by atoms with E-state index in [9.17, 15) is 4.79 Å². The molecule has 2 N–H and O–H groups in total. The molecule has 1 amide bonds. The van der Waals surface area contributed by atoms with Crippen molar-refractivity contribution in [3.05, 3.63) is 52.2 Å². The van der Waals surface area contributed by atoms with Crippen molar-refractivity contribution in [1.29, 1.82) is 0 Å². The molecular weight excluding hydrogens is 374 g/mol. The number of hydrogen-bond donors (Lipinski definition) is 2. The Bertz CT molecular complexity index is 861. The fraction of sp³-hybridized carbons (Fsp3) is 0.455. The molecule has 1 saturated heterocycles. The first-order valence-electron chi connectivity index (χ1n) is 9.99. The van der Waals surface area contributed by atoms with Crippen molar-refractivity contribution in [2.75, 3.05) is 25.1 Å². The molecule has 1 aliphatic heterocycles. The molecule has 1 aliphatic carbocycles. The molecule has 1 aromatic carbocycles. The molecule has 0 spiro atoms. The lowest BCUT2D eigenvalue weighted by Crippen LogP contribution is -2.32. The first-order chi connectivity index (χ1) is 13.6. The van der Waals surface area contributed by atoms with E-state index in [1.54, 1.807) is 6.20 Å². The fourth-order valence-corrected chi connectivity index (χ4v) is 3.78. The molecule has 6 heteroatoms. The molecule has 2 aliphatic rings. The number of benzene rings is 1. The predicted molar refractivity (Wildman–Crippen MR) is 112 cm³/mol. The van der Waals surface area contributed by atoms with Gasteiger partial charge in [0.2, 0.25) is 0 Å². The lowest BCUT2D eigenvalue weighted by molar-refractivity contribution is 0.0642. The number of aryl methyl sites for hydroxylation is 1. The zero-order chi connectivity index (χ0) is 19.5. The number of anilines is 2. The van der Waals surface area contributed by atoms with E-state index in [1.807, 2.05) is 31.2 Å². The monoisotopic (exact) mass is 399 g/mol. The van der Waals surface area contributed by atoms with Gasteiger partial charge in [-0.2, -0.15) is 0 Å². The number of pyridine rings is 1. The van der Waals surface area contributed by atoms with Crippen LogP contribution in [-0.2, 0) is 4.74 Å². The Morgan fingerprint density at radius 1 is 1.21 bits per heavy atom. The van der Waals surface area contributed by atoms with Crippen LogP contribution in [0.1, 0.15) is 53.1 Å². The highest BCUT2D eigenvalue weighted by molar-refractivity contribution is 6.33. The van der Waals surface area contributed by atoms with Gasteiger partial charge in [-0.05, 0) is 73.8 Å². The zero-order valence-electron chi connectivity index (χ0n) is 16.1. The summed E-state index contributed by atoms with van der Waals surface area (Å²) in [5.41, 5.74) is 3.72. The van der Waals surface area contributed by atoms with Gasteiger partial charge in [-0.1, -0.05) is 17.7 Å². The van der Waals surface area contributed by atoms with Crippen LogP contribution in [-0.4, -0.2) is 30.6 Å². The molecule has 1 aromatic heterocycles. The summed E-state index contributed by atoms with van der Waals surface area (Å²) in [5, 5.41) is 7.05. The Labute approximate surface area is 170 Å². The summed E-state index contributed by atoms with van der Waals surface area (Å²) in [5.74, 6) is 1.64. The van der Waals surface area contributed by atoms with E-state index in [0.29, 0.717) is 29.0 Å². The van der Waals surface area contributed by atoms with Crippen molar-refractivity contribution in [2.24, 2.45) is 5.92 Å². The van der Waals surface area contributed by atoms with Crippen LogP contribution in [0.2, 0.25) is 5.02 Å². The van der Waals surface area contributed by atoms with E-state index in [4.69, 9.17) is 16.3 Å². The van der Waals surface area contributed by atoms with Gasteiger partial charge in [0.1, 0.15) is 5.82 Å². The number of nitrogens with one attached hydrogen (secondary N) is 2. The summed E-state index contributed by atoms with van der Waals surface area (Å²) >= 11 is 6.29. The highest BCUT2D eigenvalue weighted by Crippen LogP contribution is 2.42. The fourth-order valence-electron chi connectivity index (χ4n) is 3.62. The first-order valence-corrected chi connectivity index (χ1v) is 10.4. The topological polar surface area (TPSA) is 63.2 Å². The highest BCUT2D eigenvalue weighted by Gasteiger charge is 2.29. The maximum absolute atomic E-state index is 12.8. The van der Waals surface area contributed by atoms with Gasteiger partial charge in [0, 0.05) is 26.0 Å².